The van der Waals surface area contributed by atoms with E-state index in [1.165, 1.54) is 5.56 Å². The van der Waals surface area contributed by atoms with E-state index >= 15 is 0 Å². The lowest BCUT2D eigenvalue weighted by Crippen LogP contribution is -2.28. The molecule has 0 saturated carbocycles. The number of rotatable bonds is 4. The molecule has 14 heavy (non-hydrogen) atoms. The van der Waals surface area contributed by atoms with Crippen LogP contribution in [-0.2, 0) is 6.54 Å². The lowest BCUT2D eigenvalue weighted by atomic mass is 10.2. The van der Waals surface area contributed by atoms with Gasteiger partial charge in [-0.25, -0.2) is 0 Å². The standard InChI is InChI=1S/C10H13BrN2S/c1-13(7-10(12)14)6-8-3-2-4-9(11)5-8/h2-5H,6-7H2,1H3,(H2,12,14). The third-order valence-corrected chi connectivity index (χ3v) is 2.39. The molecule has 0 radical (unpaired) electrons. The lowest BCUT2D eigenvalue weighted by molar-refractivity contribution is 0.374. The summed E-state index contributed by atoms with van der Waals surface area (Å²) in [5.41, 5.74) is 6.71. The SMILES string of the molecule is CN(CC(N)=S)Cc1cccc(Br)c1. The van der Waals surface area contributed by atoms with Crippen molar-refractivity contribution in [3.8, 4) is 0 Å². The van der Waals surface area contributed by atoms with E-state index in [0.717, 1.165) is 11.0 Å². The molecule has 0 spiro atoms. The molecular formula is C10H13BrN2S. The molecule has 1 aromatic carbocycles. The predicted molar refractivity (Wildman–Crippen MR) is 67.3 cm³/mol. The van der Waals surface area contributed by atoms with Crippen LogP contribution in [-0.4, -0.2) is 23.5 Å². The van der Waals surface area contributed by atoms with Gasteiger partial charge in [-0.15, -0.1) is 0 Å². The minimum atomic E-state index is 0.530. The highest BCUT2D eigenvalue weighted by atomic mass is 79.9. The van der Waals surface area contributed by atoms with Crippen molar-refractivity contribution in [1.29, 1.82) is 0 Å². The average molecular weight is 273 g/mol. The van der Waals surface area contributed by atoms with Crippen molar-refractivity contribution >= 4 is 33.1 Å². The minimum Gasteiger partial charge on any atom is -0.392 e. The Bertz CT molecular complexity index is 328. The zero-order chi connectivity index (χ0) is 10.6. The molecule has 0 aromatic heterocycles. The summed E-state index contributed by atoms with van der Waals surface area (Å²) in [5.74, 6) is 0. The normalized spacial score (nSPS) is 10.5. The lowest BCUT2D eigenvalue weighted by Gasteiger charge is -2.15. The van der Waals surface area contributed by atoms with Crippen molar-refractivity contribution in [2.75, 3.05) is 13.6 Å². The average Bonchev–Trinajstić information content (AvgIpc) is 2.01. The molecule has 0 heterocycles. The van der Waals surface area contributed by atoms with Crippen LogP contribution >= 0.6 is 28.1 Å². The van der Waals surface area contributed by atoms with Gasteiger partial charge in [-0.3, -0.25) is 4.90 Å². The van der Waals surface area contributed by atoms with E-state index in [-0.39, 0.29) is 0 Å². The van der Waals surface area contributed by atoms with E-state index in [2.05, 4.69) is 33.0 Å². The minimum absolute atomic E-state index is 0.530. The molecular weight excluding hydrogens is 260 g/mol. The molecule has 76 valence electrons. The Labute approximate surface area is 98.2 Å². The van der Waals surface area contributed by atoms with Crippen LogP contribution in [0.2, 0.25) is 0 Å². The van der Waals surface area contributed by atoms with Gasteiger partial charge in [0.15, 0.2) is 0 Å². The number of likely N-dealkylation sites (N-methyl/N-ethyl adjacent to an activating group) is 1. The highest BCUT2D eigenvalue weighted by molar-refractivity contribution is 9.10. The number of nitrogens with two attached hydrogens (primary N) is 1. The van der Waals surface area contributed by atoms with E-state index in [1.807, 2.05) is 19.2 Å². The zero-order valence-electron chi connectivity index (χ0n) is 8.03. The predicted octanol–water partition coefficient (Wildman–Crippen LogP) is 2.17. The Morgan fingerprint density at radius 3 is 2.86 bits per heavy atom. The number of thiocarbonyl (C=S) groups is 1. The van der Waals surface area contributed by atoms with Gasteiger partial charge in [0.2, 0.25) is 0 Å². The molecule has 2 nitrogen and oxygen atoms in total. The van der Waals surface area contributed by atoms with Crippen molar-refractivity contribution in [2.45, 2.75) is 6.54 Å². The molecule has 0 unspecified atom stereocenters. The molecule has 1 rings (SSSR count). The first kappa shape index (κ1) is 11.6. The fourth-order valence-electron chi connectivity index (χ4n) is 1.27. The van der Waals surface area contributed by atoms with Gasteiger partial charge in [0.1, 0.15) is 0 Å². The van der Waals surface area contributed by atoms with E-state index < -0.39 is 0 Å². The van der Waals surface area contributed by atoms with Crippen molar-refractivity contribution in [1.82, 2.24) is 4.90 Å². The molecule has 1 aromatic rings. The van der Waals surface area contributed by atoms with Crippen LogP contribution in [0.15, 0.2) is 28.7 Å². The molecule has 0 aliphatic heterocycles. The Morgan fingerprint density at radius 1 is 1.57 bits per heavy atom. The summed E-state index contributed by atoms with van der Waals surface area (Å²) in [5, 5.41) is 0. The largest absolute Gasteiger partial charge is 0.392 e. The maximum Gasteiger partial charge on any atom is 0.0870 e. The molecule has 0 atom stereocenters. The van der Waals surface area contributed by atoms with Crippen LogP contribution < -0.4 is 5.73 Å². The highest BCUT2D eigenvalue weighted by Gasteiger charge is 2.01. The second kappa shape index (κ2) is 5.44. The van der Waals surface area contributed by atoms with Crippen molar-refractivity contribution in [3.63, 3.8) is 0 Å². The van der Waals surface area contributed by atoms with Gasteiger partial charge in [0.05, 0.1) is 4.99 Å². The van der Waals surface area contributed by atoms with E-state index in [1.54, 1.807) is 0 Å². The number of benzene rings is 1. The number of halogens is 1. The third-order valence-electron chi connectivity index (χ3n) is 1.77. The van der Waals surface area contributed by atoms with Gasteiger partial charge in [-0.1, -0.05) is 40.3 Å². The molecule has 4 heteroatoms. The Kier molecular flexibility index (Phi) is 4.51. The summed E-state index contributed by atoms with van der Waals surface area (Å²) < 4.78 is 1.10. The summed E-state index contributed by atoms with van der Waals surface area (Å²) >= 11 is 8.27. The quantitative estimate of drug-likeness (QED) is 0.852. The summed E-state index contributed by atoms with van der Waals surface area (Å²) in [7, 11) is 2.00. The molecule has 0 fully saturated rings. The maximum atomic E-state index is 5.46. The molecule has 0 saturated heterocycles. The topological polar surface area (TPSA) is 29.3 Å². The van der Waals surface area contributed by atoms with Crippen LogP contribution in [0.3, 0.4) is 0 Å². The first-order valence-electron chi connectivity index (χ1n) is 4.29. The first-order valence-corrected chi connectivity index (χ1v) is 5.49. The monoisotopic (exact) mass is 272 g/mol. The van der Waals surface area contributed by atoms with Gasteiger partial charge in [-0.2, -0.15) is 0 Å². The maximum absolute atomic E-state index is 5.46. The second-order valence-corrected chi connectivity index (χ2v) is 4.71. The van der Waals surface area contributed by atoms with E-state index in [0.29, 0.717) is 11.5 Å². The smallest absolute Gasteiger partial charge is 0.0870 e. The number of nitrogens with zero attached hydrogens (tertiary/aromatic N) is 1. The summed E-state index contributed by atoms with van der Waals surface area (Å²) in [6, 6.07) is 8.21. The first-order chi connectivity index (χ1) is 6.58. The van der Waals surface area contributed by atoms with Gasteiger partial charge >= 0.3 is 0 Å². The Morgan fingerprint density at radius 2 is 2.29 bits per heavy atom. The van der Waals surface area contributed by atoms with Crippen LogP contribution in [0, 0.1) is 0 Å². The van der Waals surface area contributed by atoms with Crippen LogP contribution in [0.1, 0.15) is 5.56 Å². The highest BCUT2D eigenvalue weighted by Crippen LogP contribution is 2.12. The fraction of sp³-hybridized carbons (Fsp3) is 0.300. The summed E-state index contributed by atoms with van der Waals surface area (Å²) in [4.78, 5) is 2.62. The summed E-state index contributed by atoms with van der Waals surface area (Å²) in [6.07, 6.45) is 0. The molecule has 0 bridgehead atoms. The fourth-order valence-corrected chi connectivity index (χ4v) is 1.94. The van der Waals surface area contributed by atoms with E-state index in [4.69, 9.17) is 18.0 Å². The van der Waals surface area contributed by atoms with Crippen LogP contribution in [0.4, 0.5) is 0 Å². The Hall–Kier alpha value is -0.450. The van der Waals surface area contributed by atoms with Crippen LogP contribution in [0.25, 0.3) is 0 Å². The van der Waals surface area contributed by atoms with Gasteiger partial charge in [0.25, 0.3) is 0 Å². The molecule has 0 aliphatic rings. The van der Waals surface area contributed by atoms with Crippen molar-refractivity contribution in [3.05, 3.63) is 34.3 Å². The summed E-state index contributed by atoms with van der Waals surface area (Å²) in [6.45, 7) is 1.51. The van der Waals surface area contributed by atoms with Gasteiger partial charge in [-0.05, 0) is 24.7 Å². The molecule has 0 amide bonds. The Balaban J connectivity index is 2.55. The zero-order valence-corrected chi connectivity index (χ0v) is 10.4. The third kappa shape index (κ3) is 4.17. The second-order valence-electron chi connectivity index (χ2n) is 3.27. The molecule has 0 aliphatic carbocycles. The van der Waals surface area contributed by atoms with Crippen LogP contribution in [0.5, 0.6) is 0 Å². The number of hydrogen-bond donors (Lipinski definition) is 1. The number of hydrogen-bond acceptors (Lipinski definition) is 2. The van der Waals surface area contributed by atoms with Gasteiger partial charge < -0.3 is 5.73 Å². The van der Waals surface area contributed by atoms with Gasteiger partial charge in [0, 0.05) is 17.6 Å². The van der Waals surface area contributed by atoms with E-state index in [9.17, 15) is 0 Å². The van der Waals surface area contributed by atoms with Crippen molar-refractivity contribution in [2.24, 2.45) is 5.73 Å². The van der Waals surface area contributed by atoms with Crippen molar-refractivity contribution < 1.29 is 0 Å². The molecule has 2 N–H and O–H groups in total.